The Hall–Kier alpha value is -1.95. The summed E-state index contributed by atoms with van der Waals surface area (Å²) in [5.41, 5.74) is 1.79. The molecule has 0 aromatic carbocycles. The number of hydrogen-bond donors (Lipinski definition) is 0. The molecule has 0 amide bonds. The fourth-order valence-electron chi connectivity index (χ4n) is 2.65. The van der Waals surface area contributed by atoms with Crippen LogP contribution < -0.4 is 9.64 Å². The minimum Gasteiger partial charge on any atom is -0.480 e. The van der Waals surface area contributed by atoms with E-state index in [4.69, 9.17) is 19.4 Å². The highest BCUT2D eigenvalue weighted by Gasteiger charge is 2.21. The number of aromatic nitrogens is 3. The van der Waals surface area contributed by atoms with Crippen molar-refractivity contribution in [2.45, 2.75) is 26.7 Å². The molecule has 0 radical (unpaired) electrons. The molecule has 0 bridgehead atoms. The van der Waals surface area contributed by atoms with E-state index in [9.17, 15) is 0 Å². The van der Waals surface area contributed by atoms with Gasteiger partial charge in [-0.1, -0.05) is 13.8 Å². The fourth-order valence-corrected chi connectivity index (χ4v) is 2.65. The number of morpholine rings is 1. The molecule has 22 heavy (non-hydrogen) atoms. The van der Waals surface area contributed by atoms with Gasteiger partial charge in [-0.25, -0.2) is 15.0 Å². The molecule has 1 aliphatic heterocycles. The molecule has 3 rings (SSSR count). The molecule has 6 nitrogen and oxygen atoms in total. The molecule has 0 N–H and O–H groups in total. The summed E-state index contributed by atoms with van der Waals surface area (Å²) in [7, 11) is 1.64. The Bertz CT molecular complexity index is 681. The summed E-state index contributed by atoms with van der Waals surface area (Å²) in [5, 5.41) is 0.888. The zero-order valence-electron chi connectivity index (χ0n) is 13.6. The van der Waals surface area contributed by atoms with E-state index in [0.717, 1.165) is 41.3 Å². The number of pyridine rings is 1. The summed E-state index contributed by atoms with van der Waals surface area (Å²) in [6, 6.07) is 2.00. The predicted molar refractivity (Wildman–Crippen MR) is 85.7 cm³/mol. The topological polar surface area (TPSA) is 60.4 Å². The molecule has 0 spiro atoms. The van der Waals surface area contributed by atoms with Crippen LogP contribution >= 0.6 is 0 Å². The van der Waals surface area contributed by atoms with Crippen molar-refractivity contribution in [2.24, 2.45) is 0 Å². The van der Waals surface area contributed by atoms with Gasteiger partial charge in [0.15, 0.2) is 0 Å². The van der Waals surface area contributed by atoms with Crippen LogP contribution in [-0.2, 0) is 4.74 Å². The standard InChI is InChI=1S/C16H22N4O2/c1-10(2)14-18-12-9-11(3)17-16(21-4)13(12)15(19-14)20-5-7-22-8-6-20/h9-10H,5-8H2,1-4H3. The Morgan fingerprint density at radius 1 is 1.18 bits per heavy atom. The predicted octanol–water partition coefficient (Wildman–Crippen LogP) is 2.30. The number of ether oxygens (including phenoxy) is 2. The van der Waals surface area contributed by atoms with Crippen molar-refractivity contribution >= 4 is 16.7 Å². The van der Waals surface area contributed by atoms with Crippen molar-refractivity contribution in [2.75, 3.05) is 38.3 Å². The van der Waals surface area contributed by atoms with E-state index in [1.165, 1.54) is 0 Å². The maximum atomic E-state index is 5.49. The summed E-state index contributed by atoms with van der Waals surface area (Å²) in [4.78, 5) is 16.2. The number of fused-ring (bicyclic) bond motifs is 1. The normalized spacial score (nSPS) is 15.6. The van der Waals surface area contributed by atoms with Crippen LogP contribution in [0, 0.1) is 6.92 Å². The summed E-state index contributed by atoms with van der Waals surface area (Å²) in [5.74, 6) is 2.61. The molecule has 0 aliphatic carbocycles. The van der Waals surface area contributed by atoms with Crippen LogP contribution in [0.4, 0.5) is 5.82 Å². The van der Waals surface area contributed by atoms with Gasteiger partial charge in [0, 0.05) is 24.7 Å². The van der Waals surface area contributed by atoms with E-state index in [-0.39, 0.29) is 5.92 Å². The third-order valence-corrected chi connectivity index (χ3v) is 3.79. The first-order chi connectivity index (χ1) is 10.6. The van der Waals surface area contributed by atoms with Gasteiger partial charge >= 0.3 is 0 Å². The minimum absolute atomic E-state index is 0.267. The largest absolute Gasteiger partial charge is 0.480 e. The molecule has 1 saturated heterocycles. The van der Waals surface area contributed by atoms with Crippen molar-refractivity contribution < 1.29 is 9.47 Å². The first-order valence-electron chi connectivity index (χ1n) is 7.66. The molecule has 0 atom stereocenters. The fraction of sp³-hybridized carbons (Fsp3) is 0.562. The van der Waals surface area contributed by atoms with Crippen molar-refractivity contribution in [3.05, 3.63) is 17.6 Å². The van der Waals surface area contributed by atoms with E-state index >= 15 is 0 Å². The van der Waals surface area contributed by atoms with Gasteiger partial charge in [-0.05, 0) is 13.0 Å². The van der Waals surface area contributed by atoms with Crippen molar-refractivity contribution in [3.8, 4) is 5.88 Å². The number of nitrogens with zero attached hydrogens (tertiary/aromatic N) is 4. The summed E-state index contributed by atoms with van der Waals surface area (Å²) in [6.07, 6.45) is 0. The van der Waals surface area contributed by atoms with Gasteiger partial charge in [0.25, 0.3) is 0 Å². The lowest BCUT2D eigenvalue weighted by molar-refractivity contribution is 0.122. The van der Waals surface area contributed by atoms with Crippen LogP contribution in [0.25, 0.3) is 10.9 Å². The average Bonchev–Trinajstić information content (AvgIpc) is 2.53. The maximum Gasteiger partial charge on any atom is 0.226 e. The van der Waals surface area contributed by atoms with E-state index in [1.807, 2.05) is 13.0 Å². The van der Waals surface area contributed by atoms with Crippen molar-refractivity contribution in [1.29, 1.82) is 0 Å². The van der Waals surface area contributed by atoms with Crippen LogP contribution in [0.5, 0.6) is 5.88 Å². The molecule has 6 heteroatoms. The average molecular weight is 302 g/mol. The molecule has 0 saturated carbocycles. The number of hydrogen-bond acceptors (Lipinski definition) is 6. The maximum absolute atomic E-state index is 5.49. The number of anilines is 1. The smallest absolute Gasteiger partial charge is 0.226 e. The zero-order chi connectivity index (χ0) is 15.7. The van der Waals surface area contributed by atoms with Gasteiger partial charge in [0.1, 0.15) is 17.0 Å². The quantitative estimate of drug-likeness (QED) is 0.867. The van der Waals surface area contributed by atoms with E-state index < -0.39 is 0 Å². The van der Waals surface area contributed by atoms with Gasteiger partial charge in [-0.2, -0.15) is 0 Å². The molecule has 2 aromatic rings. The highest BCUT2D eigenvalue weighted by atomic mass is 16.5. The minimum atomic E-state index is 0.267. The van der Waals surface area contributed by atoms with Crippen molar-refractivity contribution in [1.82, 2.24) is 15.0 Å². The lowest BCUT2D eigenvalue weighted by atomic mass is 10.1. The first-order valence-corrected chi connectivity index (χ1v) is 7.66. The molecule has 1 fully saturated rings. The van der Waals surface area contributed by atoms with E-state index in [2.05, 4.69) is 23.7 Å². The Balaban J connectivity index is 2.25. The Morgan fingerprint density at radius 3 is 2.55 bits per heavy atom. The van der Waals surface area contributed by atoms with Gasteiger partial charge in [0.05, 0.1) is 25.8 Å². The summed E-state index contributed by atoms with van der Waals surface area (Å²) >= 11 is 0. The third-order valence-electron chi connectivity index (χ3n) is 3.79. The molecular formula is C16H22N4O2. The highest BCUT2D eigenvalue weighted by Crippen LogP contribution is 2.33. The molecule has 3 heterocycles. The van der Waals surface area contributed by atoms with Crippen LogP contribution in [0.3, 0.4) is 0 Å². The van der Waals surface area contributed by atoms with E-state index in [0.29, 0.717) is 19.1 Å². The lowest BCUT2D eigenvalue weighted by Crippen LogP contribution is -2.37. The number of methoxy groups -OCH3 is 1. The van der Waals surface area contributed by atoms with Gasteiger partial charge in [-0.15, -0.1) is 0 Å². The van der Waals surface area contributed by atoms with Gasteiger partial charge < -0.3 is 14.4 Å². The highest BCUT2D eigenvalue weighted by molar-refractivity contribution is 5.94. The lowest BCUT2D eigenvalue weighted by Gasteiger charge is -2.29. The summed E-state index contributed by atoms with van der Waals surface area (Å²) in [6.45, 7) is 9.23. The molecule has 118 valence electrons. The Kier molecular flexibility index (Phi) is 4.11. The molecule has 2 aromatic heterocycles. The van der Waals surface area contributed by atoms with Gasteiger partial charge in [-0.3, -0.25) is 0 Å². The monoisotopic (exact) mass is 302 g/mol. The van der Waals surface area contributed by atoms with Gasteiger partial charge in [0.2, 0.25) is 5.88 Å². The number of aryl methyl sites for hydroxylation is 1. The van der Waals surface area contributed by atoms with Crippen LogP contribution in [-0.4, -0.2) is 48.4 Å². The SMILES string of the molecule is COc1nc(C)cc2nc(C(C)C)nc(N3CCOCC3)c12. The molecule has 0 unspecified atom stereocenters. The second-order valence-electron chi connectivity index (χ2n) is 5.83. The second kappa shape index (κ2) is 6.04. The second-order valence-corrected chi connectivity index (χ2v) is 5.83. The van der Waals surface area contributed by atoms with E-state index in [1.54, 1.807) is 7.11 Å². The van der Waals surface area contributed by atoms with Crippen LogP contribution in [0.1, 0.15) is 31.3 Å². The molecule has 1 aliphatic rings. The van der Waals surface area contributed by atoms with Crippen LogP contribution in [0.15, 0.2) is 6.07 Å². The molecular weight excluding hydrogens is 280 g/mol. The number of rotatable bonds is 3. The summed E-state index contributed by atoms with van der Waals surface area (Å²) < 4.78 is 10.9. The van der Waals surface area contributed by atoms with Crippen molar-refractivity contribution in [3.63, 3.8) is 0 Å². The Labute approximate surface area is 130 Å². The first kappa shape index (κ1) is 15.0. The van der Waals surface area contributed by atoms with Crippen LogP contribution in [0.2, 0.25) is 0 Å². The Morgan fingerprint density at radius 2 is 1.91 bits per heavy atom. The third kappa shape index (κ3) is 2.70. The zero-order valence-corrected chi connectivity index (χ0v) is 13.6.